The third-order valence-electron chi connectivity index (χ3n) is 11.8. The van der Waals surface area contributed by atoms with E-state index in [2.05, 4.69) is 21.3 Å². The molecule has 0 saturated carbocycles. The van der Waals surface area contributed by atoms with Gasteiger partial charge in [0, 0.05) is 142 Å². The monoisotopic (exact) mass is 1120 g/mol. The van der Waals surface area contributed by atoms with E-state index in [-0.39, 0.29) is 173 Å². The fourth-order valence-electron chi connectivity index (χ4n) is 7.71. The number of amides is 6. The number of carbonyl (C=O) groups is 9. The largest absolute Gasteiger partial charge is 0.480 e. The summed E-state index contributed by atoms with van der Waals surface area (Å²) >= 11 is 1.64. The Hall–Kier alpha value is -3.84. The van der Waals surface area contributed by atoms with E-state index >= 15 is 0 Å². The van der Waals surface area contributed by atoms with Crippen molar-refractivity contribution in [2.45, 2.75) is 78.1 Å². The van der Waals surface area contributed by atoms with Crippen molar-refractivity contribution in [3.63, 3.8) is 0 Å². The van der Waals surface area contributed by atoms with Gasteiger partial charge in [0.2, 0.25) is 23.6 Å². The predicted molar refractivity (Wildman–Crippen MR) is 251 cm³/mol. The van der Waals surface area contributed by atoms with Gasteiger partial charge in [-0.25, -0.2) is 4.79 Å². The molecule has 0 radical (unpaired) electrons. The maximum atomic E-state index is 13.8. The minimum atomic E-state index is -1.05. The van der Waals surface area contributed by atoms with Crippen molar-refractivity contribution in [3.8, 4) is 0 Å². The van der Waals surface area contributed by atoms with Crippen LogP contribution in [0.3, 0.4) is 0 Å². The number of benzene rings is 1. The van der Waals surface area contributed by atoms with E-state index < -0.39 is 41.8 Å². The summed E-state index contributed by atoms with van der Waals surface area (Å²) in [7, 11) is 0. The molecule has 2 saturated heterocycles. The predicted octanol–water partition coefficient (Wildman–Crippen LogP) is 0.933. The van der Waals surface area contributed by atoms with Crippen molar-refractivity contribution in [1.29, 1.82) is 0 Å². The molecule has 2 aliphatic heterocycles. The second-order valence-corrected chi connectivity index (χ2v) is 19.2. The Morgan fingerprint density at radius 1 is 0.750 bits per heavy atom. The Labute approximate surface area is 435 Å². The number of hydrogen-bond acceptors (Lipinski definition) is 14. The van der Waals surface area contributed by atoms with E-state index in [1.54, 1.807) is 57.7 Å². The number of likely N-dealkylation sites (tertiary alicyclic amines) is 1. The first kappa shape index (κ1) is 60.3. The molecule has 68 heavy (non-hydrogen) atoms. The number of nitrogens with zero attached hydrogens (tertiary/aromatic N) is 5. The topological polar surface area (TPSA) is 279 Å². The summed E-state index contributed by atoms with van der Waals surface area (Å²) < 4.78 is 0. The molecular formula is C45H71GdN9O12S. The van der Waals surface area contributed by atoms with E-state index in [1.807, 2.05) is 32.6 Å². The third-order valence-corrected chi connectivity index (χ3v) is 13.0. The Bertz CT molecular complexity index is 1830. The van der Waals surface area contributed by atoms with Crippen LogP contribution in [0.25, 0.3) is 0 Å². The fraction of sp³-hybridized carbons (Fsp3) is 0.667. The zero-order chi connectivity index (χ0) is 49.6. The van der Waals surface area contributed by atoms with Crippen LogP contribution in [0.15, 0.2) is 24.3 Å². The first-order valence-electron chi connectivity index (χ1n) is 23.0. The van der Waals surface area contributed by atoms with Gasteiger partial charge in [-0.2, -0.15) is 11.8 Å². The van der Waals surface area contributed by atoms with Gasteiger partial charge in [0.25, 0.3) is 0 Å². The number of rotatable bonds is 25. The molecule has 23 heteroatoms. The zero-order valence-electron chi connectivity index (χ0n) is 39.9. The van der Waals surface area contributed by atoms with Crippen LogP contribution in [0.4, 0.5) is 10.5 Å². The number of nitrogens with one attached hydrogen (secondary N) is 4. The molecule has 6 amide bonds. The molecule has 2 aliphatic rings. The SMILES string of the molecule is CC[C@H](C)[C@H](CC(=O)[C@H](CCSC(C)C)NC(=O)Nc1ccc(CNC(=O)CN2CCN(CC(=O)O)CCN(CC(=O)O)CCN(CC(=O)O)CC2)cc1)C(=O)NCCN1C(=O)CC(C)C1=O.[Gd]. The summed E-state index contributed by atoms with van der Waals surface area (Å²) in [5.74, 6) is -5.32. The minimum absolute atomic E-state index is 0. The molecule has 1 aromatic carbocycles. The fourth-order valence-corrected chi connectivity index (χ4v) is 8.56. The molecule has 4 atom stereocenters. The summed E-state index contributed by atoms with van der Waals surface area (Å²) in [5.41, 5.74) is 1.15. The van der Waals surface area contributed by atoms with Crippen molar-refractivity contribution < 1.29 is 98.4 Å². The molecule has 21 nitrogen and oxygen atoms in total. The van der Waals surface area contributed by atoms with E-state index in [1.165, 1.54) is 0 Å². The van der Waals surface area contributed by atoms with Crippen molar-refractivity contribution in [2.24, 2.45) is 17.8 Å². The first-order valence-corrected chi connectivity index (χ1v) is 24.0. The van der Waals surface area contributed by atoms with Gasteiger partial charge >= 0.3 is 23.9 Å². The number of carboxylic acids is 3. The Morgan fingerprint density at radius 3 is 1.69 bits per heavy atom. The van der Waals surface area contributed by atoms with Gasteiger partial charge in [-0.15, -0.1) is 0 Å². The van der Waals surface area contributed by atoms with Gasteiger partial charge in [0.15, 0.2) is 5.78 Å². The number of carbonyl (C=O) groups excluding carboxylic acids is 6. The number of thioether (sulfide) groups is 1. The van der Waals surface area contributed by atoms with Crippen LogP contribution >= 0.6 is 11.8 Å². The molecular weight excluding hydrogens is 1050 g/mol. The summed E-state index contributed by atoms with van der Waals surface area (Å²) in [6, 6.07) is 5.26. The van der Waals surface area contributed by atoms with Gasteiger partial charge in [0.1, 0.15) is 0 Å². The maximum Gasteiger partial charge on any atom is 0.319 e. The summed E-state index contributed by atoms with van der Waals surface area (Å²) in [5, 5.41) is 39.9. The number of carboxylic acid groups (broad SMARTS) is 3. The summed E-state index contributed by atoms with van der Waals surface area (Å²) in [4.78, 5) is 121. The van der Waals surface area contributed by atoms with Crippen molar-refractivity contribution in [1.82, 2.24) is 40.4 Å². The molecule has 1 aromatic rings. The van der Waals surface area contributed by atoms with E-state index in [9.17, 15) is 58.5 Å². The van der Waals surface area contributed by atoms with Crippen molar-refractivity contribution in [2.75, 3.05) is 103 Å². The molecule has 7 N–H and O–H groups in total. The molecule has 0 spiro atoms. The van der Waals surface area contributed by atoms with Crippen LogP contribution in [0.5, 0.6) is 0 Å². The average molecular weight is 1120 g/mol. The van der Waals surface area contributed by atoms with E-state index in [0.29, 0.717) is 42.6 Å². The second kappa shape index (κ2) is 31.4. The van der Waals surface area contributed by atoms with E-state index in [4.69, 9.17) is 0 Å². The number of aliphatic carboxylic acids is 3. The van der Waals surface area contributed by atoms with Crippen LogP contribution in [0.1, 0.15) is 65.9 Å². The molecule has 3 rings (SSSR count). The van der Waals surface area contributed by atoms with Gasteiger partial charge in [-0.3, -0.25) is 62.9 Å². The molecule has 1 unspecified atom stereocenters. The number of hydrogen-bond donors (Lipinski definition) is 7. The molecule has 0 aliphatic carbocycles. The van der Waals surface area contributed by atoms with E-state index in [0.717, 1.165) is 10.5 Å². The van der Waals surface area contributed by atoms with Crippen LogP contribution in [0.2, 0.25) is 0 Å². The quantitative estimate of drug-likeness (QED) is 0.0671. The average Bonchev–Trinajstić information content (AvgIpc) is 3.50. The smallest absolute Gasteiger partial charge is 0.319 e. The number of imide groups is 1. The summed E-state index contributed by atoms with van der Waals surface area (Å²) in [6.07, 6.45) is 0.987. The minimum Gasteiger partial charge on any atom is -0.480 e. The first-order chi connectivity index (χ1) is 31.7. The van der Waals surface area contributed by atoms with Gasteiger partial charge in [0.05, 0.1) is 32.2 Å². The molecule has 382 valence electrons. The Kier molecular flexibility index (Phi) is 27.8. The second-order valence-electron chi connectivity index (χ2n) is 17.6. The molecule has 2 heterocycles. The number of anilines is 1. The normalized spacial score (nSPS) is 18.3. The van der Waals surface area contributed by atoms with Crippen LogP contribution in [-0.2, 0) is 44.9 Å². The molecule has 0 bridgehead atoms. The molecule has 2 fully saturated rings. The summed E-state index contributed by atoms with van der Waals surface area (Å²) in [6.45, 7) is 11.1. The maximum absolute atomic E-state index is 13.8. The van der Waals surface area contributed by atoms with Crippen LogP contribution in [0, 0.1) is 57.7 Å². The van der Waals surface area contributed by atoms with Crippen molar-refractivity contribution in [3.05, 3.63) is 29.8 Å². The molecule has 0 aromatic heterocycles. The van der Waals surface area contributed by atoms with Gasteiger partial charge in [-0.1, -0.05) is 53.2 Å². The zero-order valence-corrected chi connectivity index (χ0v) is 42.9. The van der Waals surface area contributed by atoms with Crippen LogP contribution < -0.4 is 21.3 Å². The standard InChI is InChI=1S/C45H71N9O12S.Gd/c1-6-31(4)35(43(64)46-12-13-54-39(57)23-32(5)44(54)65)24-37(55)36(11-22-67-30(2)3)49-45(66)48-34-9-7-33(8-10-34)25-47-38(56)26-50-14-16-51(27-40(58)59)18-20-53(29-42(62)63)21-19-52(17-15-50)28-41(60)61;/h7-10,30-32,35-36H,6,11-29H2,1-5H3,(H,46,64)(H,47,56)(H,58,59)(H,60,61)(H,62,63)(H2,48,49,66);/t31-,32?,35-,36-;/m0./s1. The number of urea groups is 1. The Morgan fingerprint density at radius 2 is 1.25 bits per heavy atom. The third kappa shape index (κ3) is 22.7. The Balaban J connectivity index is 0.0000159. The van der Waals surface area contributed by atoms with Gasteiger partial charge < -0.3 is 36.6 Å². The van der Waals surface area contributed by atoms with Crippen molar-refractivity contribution >= 4 is 70.8 Å². The van der Waals surface area contributed by atoms with Gasteiger partial charge in [-0.05, 0) is 41.0 Å². The number of ketones is 1. The van der Waals surface area contributed by atoms with Crippen LogP contribution in [-0.4, -0.2) is 202 Å². The number of Topliss-reactive ketones (excluding diaryl/α,β-unsaturated/α-hetero) is 1.